The third-order valence-electron chi connectivity index (χ3n) is 0.340. The predicted molar refractivity (Wildman–Crippen MR) is 36.3 cm³/mol. The van der Waals surface area contributed by atoms with Gasteiger partial charge in [0.1, 0.15) is 4.83 Å². The van der Waals surface area contributed by atoms with Gasteiger partial charge in [0.25, 0.3) is 0 Å². The molecule has 0 heterocycles. The lowest BCUT2D eigenvalue weighted by atomic mass is 10.5. The largest absolute Gasteiger partial charge is 0.480 e. The molecule has 0 rings (SSSR count). The lowest BCUT2D eigenvalue weighted by molar-refractivity contribution is -0.135. The number of halogens is 2. The highest BCUT2D eigenvalue weighted by atomic mass is 79.9. The molecule has 0 fully saturated rings. The molecular weight excluding hydrogens is 228 g/mol. The average Bonchev–Trinajstić information content (AvgIpc) is 1.36. The summed E-state index contributed by atoms with van der Waals surface area (Å²) in [5.41, 5.74) is 0. The Labute approximate surface area is 60.8 Å². The van der Waals surface area contributed by atoms with Gasteiger partial charge in [0, 0.05) is 0 Å². The number of carboxylic acids is 1. The lowest BCUT2D eigenvalue weighted by Gasteiger charge is -1.87. The number of carboxylic acid groups (broad SMARTS) is 1. The zero-order valence-electron chi connectivity index (χ0n) is 3.72. The molecule has 0 aromatic heterocycles. The molecule has 7 heavy (non-hydrogen) atoms. The van der Waals surface area contributed by atoms with Crippen LogP contribution < -0.4 is 0 Å². The van der Waals surface area contributed by atoms with E-state index in [2.05, 4.69) is 15.9 Å². The number of rotatable bonds is 1. The fourth-order valence-electron chi connectivity index (χ4n) is 0. The Kier molecular flexibility index (Phi) is 6.82. The lowest BCUT2D eigenvalue weighted by Crippen LogP contribution is -2.06. The van der Waals surface area contributed by atoms with Gasteiger partial charge in [-0.3, -0.25) is 4.79 Å². The second-order valence-electron chi connectivity index (χ2n) is 0.954. The van der Waals surface area contributed by atoms with Crippen LogP contribution in [0.25, 0.3) is 0 Å². The Morgan fingerprint density at radius 1 is 1.86 bits per heavy atom. The zero-order chi connectivity index (χ0) is 5.15. The van der Waals surface area contributed by atoms with Gasteiger partial charge in [-0.25, -0.2) is 0 Å². The highest BCUT2D eigenvalue weighted by molar-refractivity contribution is 9.10. The van der Waals surface area contributed by atoms with E-state index in [0.29, 0.717) is 0 Å². The smallest absolute Gasteiger partial charge is 0.316 e. The number of carbonyl (C=O) groups is 1. The summed E-state index contributed by atoms with van der Waals surface area (Å²) in [5.74, 6) is -0.824. The van der Waals surface area contributed by atoms with E-state index in [1.807, 2.05) is 0 Å². The molecule has 0 saturated carbocycles. The zero-order valence-corrected chi connectivity index (χ0v) is 7.02. The van der Waals surface area contributed by atoms with E-state index >= 15 is 0 Å². The highest BCUT2D eigenvalue weighted by Gasteiger charge is 2.01. The van der Waals surface area contributed by atoms with Crippen LogP contribution in [-0.4, -0.2) is 15.9 Å². The molecule has 44 valence electrons. The minimum absolute atomic E-state index is 0. The van der Waals surface area contributed by atoms with Crippen molar-refractivity contribution in [1.82, 2.24) is 0 Å². The Morgan fingerprint density at radius 3 is 2.00 bits per heavy atom. The maximum absolute atomic E-state index is 9.65. The summed E-state index contributed by atoms with van der Waals surface area (Å²) < 4.78 is 0. The molecule has 4 heteroatoms. The van der Waals surface area contributed by atoms with Crippen LogP contribution in [0.1, 0.15) is 6.92 Å². The topological polar surface area (TPSA) is 37.3 Å². The van der Waals surface area contributed by atoms with E-state index in [4.69, 9.17) is 5.11 Å². The van der Waals surface area contributed by atoms with Crippen molar-refractivity contribution < 1.29 is 9.90 Å². The number of aliphatic carboxylic acids is 1. The van der Waals surface area contributed by atoms with Crippen LogP contribution in [0.2, 0.25) is 0 Å². The van der Waals surface area contributed by atoms with Gasteiger partial charge in [-0.1, -0.05) is 15.9 Å². The van der Waals surface area contributed by atoms with Crippen LogP contribution in [0.15, 0.2) is 0 Å². The predicted octanol–water partition coefficient (Wildman–Crippen LogP) is 1.43. The van der Waals surface area contributed by atoms with E-state index in [1.165, 1.54) is 0 Å². The Bertz CT molecular complexity index is 62.0. The molecule has 0 spiro atoms. The Balaban J connectivity index is 0. The van der Waals surface area contributed by atoms with Crippen LogP contribution in [-0.2, 0) is 4.79 Å². The van der Waals surface area contributed by atoms with Gasteiger partial charge in [0.2, 0.25) is 0 Å². The molecule has 0 aromatic carbocycles. The first kappa shape index (κ1) is 10.4. The van der Waals surface area contributed by atoms with Crippen molar-refractivity contribution in [3.05, 3.63) is 0 Å². The molecule has 0 aliphatic rings. The fraction of sp³-hybridized carbons (Fsp3) is 0.667. The van der Waals surface area contributed by atoms with Gasteiger partial charge in [-0.05, 0) is 6.92 Å². The van der Waals surface area contributed by atoms with Gasteiger partial charge >= 0.3 is 5.97 Å². The summed E-state index contributed by atoms with van der Waals surface area (Å²) in [6.07, 6.45) is 0. The van der Waals surface area contributed by atoms with Crippen molar-refractivity contribution in [3.63, 3.8) is 0 Å². The number of alkyl halides is 1. The van der Waals surface area contributed by atoms with Crippen LogP contribution in [0, 0.1) is 0 Å². The minimum atomic E-state index is -0.824. The standard InChI is InChI=1S/C3H5BrO2.BrH/c1-2(4)3(5)6;/h2H,1H3,(H,5,6);1H. The SMILES string of the molecule is Br.CC(Br)C(=O)O. The second-order valence-corrected chi connectivity index (χ2v) is 2.33. The first-order chi connectivity index (χ1) is 2.64. The van der Waals surface area contributed by atoms with Crippen molar-refractivity contribution in [3.8, 4) is 0 Å². The summed E-state index contributed by atoms with van der Waals surface area (Å²) in [6, 6.07) is 0. The van der Waals surface area contributed by atoms with Gasteiger partial charge in [0.05, 0.1) is 0 Å². The van der Waals surface area contributed by atoms with Crippen LogP contribution in [0.5, 0.6) is 0 Å². The van der Waals surface area contributed by atoms with E-state index in [1.54, 1.807) is 6.92 Å². The second kappa shape index (κ2) is 4.59. The number of hydrogen-bond acceptors (Lipinski definition) is 1. The van der Waals surface area contributed by atoms with Crippen molar-refractivity contribution in [1.29, 1.82) is 0 Å². The molecule has 1 N–H and O–H groups in total. The highest BCUT2D eigenvalue weighted by Crippen LogP contribution is 1.93. The molecule has 0 radical (unpaired) electrons. The third-order valence-corrected chi connectivity index (χ3v) is 0.732. The molecule has 0 bridgehead atoms. The van der Waals surface area contributed by atoms with E-state index in [9.17, 15) is 4.79 Å². The maximum atomic E-state index is 9.65. The van der Waals surface area contributed by atoms with E-state index < -0.39 is 10.8 Å². The molecule has 0 saturated heterocycles. The van der Waals surface area contributed by atoms with E-state index in [-0.39, 0.29) is 17.0 Å². The quantitative estimate of drug-likeness (QED) is 0.696. The molecule has 1 unspecified atom stereocenters. The van der Waals surface area contributed by atoms with Crippen LogP contribution in [0.3, 0.4) is 0 Å². The fourth-order valence-corrected chi connectivity index (χ4v) is 0. The normalized spacial score (nSPS) is 11.7. The molecule has 0 aliphatic heterocycles. The van der Waals surface area contributed by atoms with Gasteiger partial charge < -0.3 is 5.11 Å². The summed E-state index contributed by atoms with van der Waals surface area (Å²) in [5, 5.41) is 7.94. The number of hydrogen-bond donors (Lipinski definition) is 1. The summed E-state index contributed by atoms with van der Waals surface area (Å²) in [6.45, 7) is 1.56. The van der Waals surface area contributed by atoms with Gasteiger partial charge in [-0.15, -0.1) is 17.0 Å². The molecule has 2 nitrogen and oxygen atoms in total. The minimum Gasteiger partial charge on any atom is -0.480 e. The molecule has 0 amide bonds. The first-order valence-electron chi connectivity index (χ1n) is 1.51. The van der Waals surface area contributed by atoms with Gasteiger partial charge in [0.15, 0.2) is 0 Å². The third kappa shape index (κ3) is 6.43. The van der Waals surface area contributed by atoms with Crippen molar-refractivity contribution in [2.24, 2.45) is 0 Å². The van der Waals surface area contributed by atoms with Crippen LogP contribution >= 0.6 is 32.9 Å². The molecule has 1 atom stereocenters. The van der Waals surface area contributed by atoms with Gasteiger partial charge in [-0.2, -0.15) is 0 Å². The molecule has 0 aliphatic carbocycles. The summed E-state index contributed by atoms with van der Waals surface area (Å²) in [4.78, 5) is 9.23. The van der Waals surface area contributed by atoms with Crippen molar-refractivity contribution in [2.75, 3.05) is 0 Å². The monoisotopic (exact) mass is 232 g/mol. The Morgan fingerprint density at radius 2 is 2.00 bits per heavy atom. The van der Waals surface area contributed by atoms with Crippen molar-refractivity contribution >= 4 is 38.9 Å². The van der Waals surface area contributed by atoms with Crippen LogP contribution in [0.4, 0.5) is 0 Å². The molecule has 0 aromatic rings. The maximum Gasteiger partial charge on any atom is 0.316 e. The summed E-state index contributed by atoms with van der Waals surface area (Å²) in [7, 11) is 0. The average molecular weight is 234 g/mol. The Hall–Kier alpha value is 0.430. The molecular formula is C3H6Br2O2. The van der Waals surface area contributed by atoms with E-state index in [0.717, 1.165) is 0 Å². The summed E-state index contributed by atoms with van der Waals surface area (Å²) >= 11 is 2.84. The van der Waals surface area contributed by atoms with Crippen molar-refractivity contribution in [2.45, 2.75) is 11.8 Å². The first-order valence-corrected chi connectivity index (χ1v) is 2.43.